The Hall–Kier alpha value is -1.76. The van der Waals surface area contributed by atoms with E-state index in [9.17, 15) is 0 Å². The Kier molecular flexibility index (Phi) is 4.95. The lowest BCUT2D eigenvalue weighted by Gasteiger charge is -2.32. The van der Waals surface area contributed by atoms with Crippen molar-refractivity contribution < 1.29 is 14.0 Å². The zero-order valence-corrected chi connectivity index (χ0v) is 16.5. The molecule has 0 spiro atoms. The molecule has 0 saturated carbocycles. The van der Waals surface area contributed by atoms with Crippen LogP contribution < -0.4 is 15.9 Å². The maximum absolute atomic E-state index is 6.07. The molecule has 1 aromatic carbocycles. The van der Waals surface area contributed by atoms with Crippen molar-refractivity contribution in [3.63, 3.8) is 0 Å². The number of benzene rings is 1. The van der Waals surface area contributed by atoms with Crippen LogP contribution in [0.2, 0.25) is 5.02 Å². The summed E-state index contributed by atoms with van der Waals surface area (Å²) < 4.78 is 18.2. The molecule has 1 fully saturated rings. The summed E-state index contributed by atoms with van der Waals surface area (Å²) in [6, 6.07) is 9.35. The van der Waals surface area contributed by atoms with Crippen LogP contribution in [0.3, 0.4) is 0 Å². The molecule has 0 amide bonds. The molecule has 0 radical (unpaired) electrons. The average Bonchev–Trinajstić information content (AvgIpc) is 2.78. The first-order valence-corrected chi connectivity index (χ1v) is 9.00. The van der Waals surface area contributed by atoms with Crippen LogP contribution in [-0.4, -0.2) is 23.3 Å². The van der Waals surface area contributed by atoms with E-state index in [0.29, 0.717) is 16.6 Å². The van der Waals surface area contributed by atoms with Crippen LogP contribution in [0.1, 0.15) is 46.3 Å². The van der Waals surface area contributed by atoms with Crippen LogP contribution in [0.15, 0.2) is 36.5 Å². The number of ether oxygens (including phenoxy) is 1. The summed E-state index contributed by atoms with van der Waals surface area (Å²) >= 11 is 5.94. The van der Waals surface area contributed by atoms with Gasteiger partial charge in [-0.05, 0) is 58.4 Å². The topological polar surface area (TPSA) is 66.6 Å². The third-order valence-corrected chi connectivity index (χ3v) is 5.32. The highest BCUT2D eigenvalue weighted by atomic mass is 35.5. The number of nitrogens with zero attached hydrogens (tertiary/aromatic N) is 1. The van der Waals surface area contributed by atoms with E-state index in [2.05, 4.69) is 4.98 Å². The monoisotopic (exact) mass is 374 g/mol. The largest absolute Gasteiger partial charge is 0.496 e. The average molecular weight is 375 g/mol. The summed E-state index contributed by atoms with van der Waals surface area (Å²) in [4.78, 5) is 4.25. The van der Waals surface area contributed by atoms with Crippen LogP contribution >= 0.6 is 11.6 Å². The Bertz CT molecular complexity index is 780. The van der Waals surface area contributed by atoms with Crippen molar-refractivity contribution in [1.29, 1.82) is 0 Å². The molecule has 1 aliphatic heterocycles. The van der Waals surface area contributed by atoms with Crippen molar-refractivity contribution in [1.82, 2.24) is 4.98 Å². The van der Waals surface area contributed by atoms with Gasteiger partial charge >= 0.3 is 7.12 Å². The van der Waals surface area contributed by atoms with Crippen molar-refractivity contribution in [2.45, 2.75) is 51.9 Å². The van der Waals surface area contributed by atoms with Gasteiger partial charge in [-0.25, -0.2) is 4.98 Å². The Balaban J connectivity index is 1.81. The van der Waals surface area contributed by atoms with E-state index < -0.39 is 18.3 Å². The normalized spacial score (nSPS) is 19.4. The van der Waals surface area contributed by atoms with Crippen LogP contribution in [0.5, 0.6) is 5.75 Å². The number of nitrogens with two attached hydrogens (primary N) is 1. The Morgan fingerprint density at radius 1 is 1.12 bits per heavy atom. The summed E-state index contributed by atoms with van der Waals surface area (Å²) in [5, 5.41) is 0.685. The van der Waals surface area contributed by atoms with Gasteiger partial charge in [-0.2, -0.15) is 0 Å². The Labute approximate surface area is 159 Å². The fourth-order valence-corrected chi connectivity index (χ4v) is 2.79. The van der Waals surface area contributed by atoms with Crippen molar-refractivity contribution in [2.75, 3.05) is 5.73 Å². The SMILES string of the molecule is CC(Oc1cc(B2OC(C)(C)C(C)(C)O2)cnc1N)c1ccc(Cl)cc1. The minimum absolute atomic E-state index is 0.204. The number of anilines is 1. The number of halogens is 1. The van der Waals surface area contributed by atoms with Gasteiger partial charge in [-0.1, -0.05) is 23.7 Å². The second-order valence-corrected chi connectivity index (χ2v) is 7.99. The van der Waals surface area contributed by atoms with Crippen LogP contribution in [0, 0.1) is 0 Å². The fourth-order valence-electron chi connectivity index (χ4n) is 2.67. The van der Waals surface area contributed by atoms with Gasteiger partial charge in [0, 0.05) is 16.7 Å². The standard InChI is InChI=1S/C19H24BClN2O3/c1-12(13-6-8-15(21)9-7-13)24-16-10-14(11-23-17(16)22)20-25-18(2,3)19(4,5)26-20/h6-12H,1-5H3,(H2,22,23). The highest BCUT2D eigenvalue weighted by Crippen LogP contribution is 2.37. The van der Waals surface area contributed by atoms with E-state index in [0.717, 1.165) is 11.0 Å². The molecular formula is C19H24BClN2O3. The molecule has 5 nitrogen and oxygen atoms in total. The molecule has 26 heavy (non-hydrogen) atoms. The second kappa shape index (κ2) is 6.76. The Morgan fingerprint density at radius 2 is 1.69 bits per heavy atom. The maximum Gasteiger partial charge on any atom is 0.496 e. The number of hydrogen-bond donors (Lipinski definition) is 1. The van der Waals surface area contributed by atoms with Crippen molar-refractivity contribution in [3.8, 4) is 5.75 Å². The predicted octanol–water partition coefficient (Wildman–Crippen LogP) is 3.76. The van der Waals surface area contributed by atoms with Crippen molar-refractivity contribution in [2.24, 2.45) is 0 Å². The quantitative estimate of drug-likeness (QED) is 0.825. The van der Waals surface area contributed by atoms with E-state index in [-0.39, 0.29) is 6.10 Å². The molecule has 0 bridgehead atoms. The number of pyridine rings is 1. The molecule has 1 unspecified atom stereocenters. The van der Waals surface area contributed by atoms with E-state index in [1.54, 1.807) is 6.20 Å². The van der Waals surface area contributed by atoms with Crippen LogP contribution in [-0.2, 0) is 9.31 Å². The summed E-state index contributed by atoms with van der Waals surface area (Å²) in [6.45, 7) is 10.00. The maximum atomic E-state index is 6.07. The molecule has 2 aromatic rings. The summed E-state index contributed by atoms with van der Waals surface area (Å²) in [7, 11) is -0.513. The minimum Gasteiger partial charge on any atom is -0.482 e. The number of aromatic nitrogens is 1. The van der Waals surface area contributed by atoms with Crippen LogP contribution in [0.4, 0.5) is 5.82 Å². The van der Waals surface area contributed by atoms with Crippen molar-refractivity contribution >= 4 is 30.0 Å². The van der Waals surface area contributed by atoms with E-state index in [1.807, 2.05) is 65.0 Å². The zero-order valence-electron chi connectivity index (χ0n) is 15.7. The number of rotatable bonds is 4. The summed E-state index contributed by atoms with van der Waals surface area (Å²) in [5.74, 6) is 0.825. The van der Waals surface area contributed by atoms with Crippen molar-refractivity contribution in [3.05, 3.63) is 47.1 Å². The van der Waals surface area contributed by atoms with E-state index >= 15 is 0 Å². The summed E-state index contributed by atoms with van der Waals surface area (Å²) in [5.41, 5.74) is 6.94. The Morgan fingerprint density at radius 3 is 2.27 bits per heavy atom. The van der Waals surface area contributed by atoms with Gasteiger partial charge in [0.15, 0.2) is 11.6 Å². The molecule has 1 aliphatic rings. The highest BCUT2D eigenvalue weighted by Gasteiger charge is 2.52. The molecule has 2 heterocycles. The van der Waals surface area contributed by atoms with Gasteiger partial charge < -0.3 is 19.8 Å². The molecule has 138 valence electrons. The third-order valence-electron chi connectivity index (χ3n) is 5.07. The third kappa shape index (κ3) is 3.68. The molecule has 1 aromatic heterocycles. The molecule has 0 aliphatic carbocycles. The lowest BCUT2D eigenvalue weighted by atomic mass is 9.80. The second-order valence-electron chi connectivity index (χ2n) is 7.55. The molecule has 7 heteroatoms. The highest BCUT2D eigenvalue weighted by molar-refractivity contribution is 6.62. The molecular weight excluding hydrogens is 350 g/mol. The lowest BCUT2D eigenvalue weighted by molar-refractivity contribution is 0.00578. The van der Waals surface area contributed by atoms with Crippen LogP contribution in [0.25, 0.3) is 0 Å². The first-order valence-electron chi connectivity index (χ1n) is 8.62. The number of hydrogen-bond acceptors (Lipinski definition) is 5. The minimum atomic E-state index is -0.513. The van der Waals surface area contributed by atoms with Gasteiger partial charge in [-0.3, -0.25) is 0 Å². The van der Waals surface area contributed by atoms with Gasteiger partial charge in [0.2, 0.25) is 0 Å². The lowest BCUT2D eigenvalue weighted by Crippen LogP contribution is -2.41. The van der Waals surface area contributed by atoms with Gasteiger partial charge in [0.25, 0.3) is 0 Å². The van der Waals surface area contributed by atoms with E-state index in [4.69, 9.17) is 31.4 Å². The fraction of sp³-hybridized carbons (Fsp3) is 0.421. The molecule has 2 N–H and O–H groups in total. The van der Waals surface area contributed by atoms with E-state index in [1.165, 1.54) is 0 Å². The van der Waals surface area contributed by atoms with Gasteiger partial charge in [0.05, 0.1) is 11.2 Å². The zero-order chi connectivity index (χ0) is 19.1. The number of nitrogen functional groups attached to an aromatic ring is 1. The first-order chi connectivity index (χ1) is 12.1. The summed E-state index contributed by atoms with van der Waals surface area (Å²) in [6.07, 6.45) is 1.46. The van der Waals surface area contributed by atoms with Gasteiger partial charge in [0.1, 0.15) is 6.10 Å². The molecule has 1 atom stereocenters. The molecule has 1 saturated heterocycles. The van der Waals surface area contributed by atoms with Gasteiger partial charge in [-0.15, -0.1) is 0 Å². The smallest absolute Gasteiger partial charge is 0.482 e. The first kappa shape index (κ1) is 19.0. The molecule has 3 rings (SSSR count). The predicted molar refractivity (Wildman–Crippen MR) is 105 cm³/mol.